The number of thioether (sulfide) groups is 1. The van der Waals surface area contributed by atoms with Crippen LogP contribution in [-0.2, 0) is 4.79 Å². The summed E-state index contributed by atoms with van der Waals surface area (Å²) in [7, 11) is 0. The lowest BCUT2D eigenvalue weighted by Crippen LogP contribution is -2.11. The normalized spacial score (nSPS) is 14.9. The molecule has 0 bridgehead atoms. The summed E-state index contributed by atoms with van der Waals surface area (Å²) in [6.07, 6.45) is 2.27. The van der Waals surface area contributed by atoms with E-state index in [-0.39, 0.29) is 11.8 Å². The molecular weight excluding hydrogens is 306 g/mol. The van der Waals surface area contributed by atoms with Gasteiger partial charge in [-0.25, -0.2) is 0 Å². The van der Waals surface area contributed by atoms with Crippen molar-refractivity contribution in [1.82, 2.24) is 0 Å². The molecule has 0 aliphatic heterocycles. The maximum atomic E-state index is 11.0. The van der Waals surface area contributed by atoms with Crippen LogP contribution in [0.4, 0.5) is 0 Å². The highest BCUT2D eigenvalue weighted by molar-refractivity contribution is 7.99. The Morgan fingerprint density at radius 1 is 1.17 bits per heavy atom. The molecule has 116 valence electrons. The number of aliphatic carboxylic acids is 1. The number of benzene rings is 2. The van der Waals surface area contributed by atoms with Crippen molar-refractivity contribution in [1.29, 1.82) is 5.26 Å². The fourth-order valence-corrected chi connectivity index (χ4v) is 4.02. The van der Waals surface area contributed by atoms with Crippen molar-refractivity contribution in [2.75, 3.05) is 5.75 Å². The second-order valence-electron chi connectivity index (χ2n) is 6.04. The summed E-state index contributed by atoms with van der Waals surface area (Å²) < 4.78 is 0. The lowest BCUT2D eigenvalue weighted by Gasteiger charge is -2.14. The number of carbonyl (C=O) groups is 1. The fourth-order valence-electron chi connectivity index (χ4n) is 2.66. The van der Waals surface area contributed by atoms with E-state index in [2.05, 4.69) is 18.2 Å². The van der Waals surface area contributed by atoms with Crippen LogP contribution in [0.15, 0.2) is 53.4 Å². The topological polar surface area (TPSA) is 61.1 Å². The van der Waals surface area contributed by atoms with E-state index in [1.807, 2.05) is 36.4 Å². The van der Waals surface area contributed by atoms with Crippen molar-refractivity contribution >= 4 is 17.7 Å². The van der Waals surface area contributed by atoms with E-state index < -0.39 is 5.97 Å². The van der Waals surface area contributed by atoms with Crippen molar-refractivity contribution in [3.63, 3.8) is 0 Å². The van der Waals surface area contributed by atoms with Crippen molar-refractivity contribution in [2.45, 2.75) is 24.2 Å². The molecule has 1 fully saturated rings. The molecule has 4 heteroatoms. The maximum Gasteiger partial charge on any atom is 0.303 e. The average molecular weight is 323 g/mol. The number of hydrogen-bond donors (Lipinski definition) is 1. The first-order valence-electron chi connectivity index (χ1n) is 7.56. The Morgan fingerprint density at radius 2 is 1.87 bits per heavy atom. The molecule has 3 nitrogen and oxygen atoms in total. The smallest absolute Gasteiger partial charge is 0.303 e. The zero-order valence-electron chi connectivity index (χ0n) is 12.7. The maximum absolute atomic E-state index is 11.0. The van der Waals surface area contributed by atoms with Crippen molar-refractivity contribution in [2.24, 2.45) is 5.41 Å². The zero-order chi connectivity index (χ0) is 16.3. The summed E-state index contributed by atoms with van der Waals surface area (Å²) in [6, 6.07) is 17.9. The number of rotatable bonds is 6. The van der Waals surface area contributed by atoms with Gasteiger partial charge in [-0.05, 0) is 47.6 Å². The summed E-state index contributed by atoms with van der Waals surface area (Å²) in [5.74, 6) is 0.135. The van der Waals surface area contributed by atoms with E-state index in [9.17, 15) is 4.79 Å². The minimum absolute atomic E-state index is 0.0196. The molecule has 0 atom stereocenters. The van der Waals surface area contributed by atoms with E-state index in [4.69, 9.17) is 10.4 Å². The van der Waals surface area contributed by atoms with E-state index in [0.717, 1.165) is 34.6 Å². The van der Waals surface area contributed by atoms with E-state index >= 15 is 0 Å². The van der Waals surface area contributed by atoms with E-state index in [1.165, 1.54) is 0 Å². The first kappa shape index (κ1) is 15.6. The summed E-state index contributed by atoms with van der Waals surface area (Å²) in [5, 5.41) is 17.9. The average Bonchev–Trinajstić information content (AvgIpc) is 3.32. The van der Waals surface area contributed by atoms with Crippen LogP contribution in [0.25, 0.3) is 11.1 Å². The molecule has 0 spiro atoms. The molecule has 0 heterocycles. The van der Waals surface area contributed by atoms with Gasteiger partial charge in [0.1, 0.15) is 0 Å². The van der Waals surface area contributed by atoms with E-state index in [1.54, 1.807) is 11.8 Å². The zero-order valence-corrected chi connectivity index (χ0v) is 13.5. The highest BCUT2D eigenvalue weighted by atomic mass is 32.2. The minimum Gasteiger partial charge on any atom is -0.481 e. The van der Waals surface area contributed by atoms with Crippen LogP contribution in [0, 0.1) is 16.7 Å². The molecule has 0 saturated heterocycles. The lowest BCUT2D eigenvalue weighted by molar-refractivity contribution is -0.138. The Labute approximate surface area is 140 Å². The van der Waals surface area contributed by atoms with Crippen LogP contribution in [0.3, 0.4) is 0 Å². The second-order valence-corrected chi connectivity index (χ2v) is 7.06. The van der Waals surface area contributed by atoms with Crippen LogP contribution in [0.2, 0.25) is 0 Å². The van der Waals surface area contributed by atoms with Gasteiger partial charge < -0.3 is 5.11 Å². The molecule has 0 aromatic heterocycles. The Hall–Kier alpha value is -2.25. The highest BCUT2D eigenvalue weighted by Gasteiger charge is 2.44. The molecule has 1 aliphatic carbocycles. The minimum atomic E-state index is -0.705. The van der Waals surface area contributed by atoms with Gasteiger partial charge in [0.15, 0.2) is 0 Å². The third-order valence-electron chi connectivity index (χ3n) is 4.23. The lowest BCUT2D eigenvalue weighted by atomic mass is 10.0. The van der Waals surface area contributed by atoms with Crippen LogP contribution in [0.1, 0.15) is 24.8 Å². The van der Waals surface area contributed by atoms with E-state index in [0.29, 0.717) is 5.56 Å². The second kappa shape index (κ2) is 6.47. The Balaban J connectivity index is 1.78. The summed E-state index contributed by atoms with van der Waals surface area (Å²) in [6.45, 7) is 0. The van der Waals surface area contributed by atoms with Gasteiger partial charge in [-0.1, -0.05) is 30.3 Å². The van der Waals surface area contributed by atoms with Crippen LogP contribution in [0.5, 0.6) is 0 Å². The number of hydrogen-bond acceptors (Lipinski definition) is 3. The number of nitriles is 1. The Kier molecular flexibility index (Phi) is 4.40. The molecule has 3 rings (SSSR count). The fraction of sp³-hybridized carbons (Fsp3) is 0.263. The first-order chi connectivity index (χ1) is 11.1. The van der Waals surface area contributed by atoms with Gasteiger partial charge >= 0.3 is 5.97 Å². The molecular formula is C19H17NO2S. The van der Waals surface area contributed by atoms with Crippen LogP contribution in [-0.4, -0.2) is 16.8 Å². The summed E-state index contributed by atoms with van der Waals surface area (Å²) in [4.78, 5) is 12.1. The van der Waals surface area contributed by atoms with Gasteiger partial charge in [0, 0.05) is 10.6 Å². The first-order valence-corrected chi connectivity index (χ1v) is 8.55. The largest absolute Gasteiger partial charge is 0.481 e. The molecule has 1 aliphatic rings. The predicted octanol–water partition coefficient (Wildman–Crippen LogP) is 4.57. The summed E-state index contributed by atoms with van der Waals surface area (Å²) >= 11 is 1.73. The summed E-state index contributed by atoms with van der Waals surface area (Å²) in [5.41, 5.74) is 2.84. The number of carboxylic acid groups (broad SMARTS) is 1. The monoisotopic (exact) mass is 323 g/mol. The molecule has 1 N–H and O–H groups in total. The van der Waals surface area contributed by atoms with Crippen LogP contribution < -0.4 is 0 Å². The molecule has 2 aromatic rings. The van der Waals surface area contributed by atoms with Gasteiger partial charge in [-0.15, -0.1) is 11.8 Å². The molecule has 1 saturated carbocycles. The number of nitrogens with zero attached hydrogens (tertiary/aromatic N) is 1. The Bertz CT molecular complexity index is 758. The van der Waals surface area contributed by atoms with Crippen molar-refractivity contribution in [3.05, 3.63) is 54.1 Å². The van der Waals surface area contributed by atoms with Crippen LogP contribution >= 0.6 is 11.8 Å². The van der Waals surface area contributed by atoms with Gasteiger partial charge in [-0.2, -0.15) is 5.26 Å². The number of carboxylic acids is 1. The Morgan fingerprint density at radius 3 is 2.48 bits per heavy atom. The quantitative estimate of drug-likeness (QED) is 0.791. The highest BCUT2D eigenvalue weighted by Crippen LogP contribution is 2.52. The van der Waals surface area contributed by atoms with Crippen molar-refractivity contribution < 1.29 is 9.90 Å². The standard InChI is InChI=1S/C19H17NO2S/c20-12-14-5-7-15(8-6-14)16-3-1-2-4-17(16)23-13-19(9-10-19)11-18(21)22/h1-8H,9-11,13H2,(H,21,22). The molecule has 0 radical (unpaired) electrons. The molecule has 2 aromatic carbocycles. The SMILES string of the molecule is N#Cc1ccc(-c2ccccc2SCC2(CC(=O)O)CC2)cc1. The molecule has 0 unspecified atom stereocenters. The van der Waals surface area contributed by atoms with Gasteiger partial charge in [0.2, 0.25) is 0 Å². The van der Waals surface area contributed by atoms with Gasteiger partial charge in [-0.3, -0.25) is 4.79 Å². The third-order valence-corrected chi connectivity index (χ3v) is 5.65. The van der Waals surface area contributed by atoms with Crippen molar-refractivity contribution in [3.8, 4) is 17.2 Å². The predicted molar refractivity (Wildman–Crippen MR) is 91.2 cm³/mol. The molecule has 0 amide bonds. The molecule has 23 heavy (non-hydrogen) atoms. The van der Waals surface area contributed by atoms with Gasteiger partial charge in [0.25, 0.3) is 0 Å². The third kappa shape index (κ3) is 3.75. The van der Waals surface area contributed by atoms with Gasteiger partial charge in [0.05, 0.1) is 18.1 Å².